The number of carbonyl (C=O) groups excluding carboxylic acids is 2. The predicted molar refractivity (Wildman–Crippen MR) is 106 cm³/mol. The first-order valence-electron chi connectivity index (χ1n) is 8.85. The molecule has 0 saturated heterocycles. The number of esters is 1. The number of aromatic nitrogens is 3. The number of ketones is 1. The zero-order valence-electron chi connectivity index (χ0n) is 15.8. The van der Waals surface area contributed by atoms with E-state index >= 15 is 0 Å². The number of rotatable bonds is 7. The van der Waals surface area contributed by atoms with Gasteiger partial charge in [-0.1, -0.05) is 45.3 Å². The fraction of sp³-hybridized carbons (Fsp3) is 0.150. The first-order valence-corrected chi connectivity index (χ1v) is 9.64. The molecule has 0 atom stereocenters. The van der Waals surface area contributed by atoms with Crippen LogP contribution in [0.25, 0.3) is 0 Å². The van der Waals surface area contributed by atoms with Gasteiger partial charge < -0.3 is 9.84 Å². The molecule has 10 heteroatoms. The largest absolute Gasteiger partial charge is 0.836 e. The van der Waals surface area contributed by atoms with Crippen LogP contribution in [0.3, 0.4) is 0 Å². The average Bonchev–Trinajstić information content (AvgIpc) is 3.02. The van der Waals surface area contributed by atoms with Crippen molar-refractivity contribution < 1.29 is 28.5 Å². The topological polar surface area (TPSA) is 100 Å². The molecule has 30 heavy (non-hydrogen) atoms. The minimum absolute atomic E-state index is 0.0384. The highest BCUT2D eigenvalue weighted by atomic mass is 79.9. The Morgan fingerprint density at radius 1 is 1.30 bits per heavy atom. The van der Waals surface area contributed by atoms with Crippen LogP contribution >= 0.6 is 15.9 Å². The zero-order valence-corrected chi connectivity index (χ0v) is 17.4. The Bertz CT molecular complexity index is 1110. The molecule has 2 aromatic carbocycles. The molecule has 3 rings (SSSR count). The van der Waals surface area contributed by atoms with Gasteiger partial charge in [0.15, 0.2) is 12.4 Å². The van der Waals surface area contributed by atoms with Gasteiger partial charge in [-0.05, 0) is 41.5 Å². The van der Waals surface area contributed by atoms with Crippen molar-refractivity contribution in [2.45, 2.75) is 13.5 Å². The van der Waals surface area contributed by atoms with E-state index in [-0.39, 0.29) is 18.9 Å². The Morgan fingerprint density at radius 3 is 2.70 bits per heavy atom. The van der Waals surface area contributed by atoms with E-state index < -0.39 is 23.4 Å². The van der Waals surface area contributed by atoms with Gasteiger partial charge in [-0.15, -0.1) is 4.68 Å². The van der Waals surface area contributed by atoms with Gasteiger partial charge in [0.05, 0.1) is 12.8 Å². The van der Waals surface area contributed by atoms with E-state index in [9.17, 15) is 19.1 Å². The third-order valence-electron chi connectivity index (χ3n) is 3.93. The van der Waals surface area contributed by atoms with Crippen molar-refractivity contribution in [2.75, 3.05) is 6.61 Å². The highest BCUT2D eigenvalue weighted by molar-refractivity contribution is 9.10. The molecule has 0 saturated carbocycles. The van der Waals surface area contributed by atoms with Gasteiger partial charge in [0.25, 0.3) is 5.69 Å². The molecule has 0 aliphatic carbocycles. The Balaban J connectivity index is 1.94. The highest BCUT2D eigenvalue weighted by Gasteiger charge is 2.29. The minimum atomic E-state index is -0.918. The third-order valence-corrected chi connectivity index (χ3v) is 4.46. The molecule has 0 N–H and O–H groups in total. The van der Waals surface area contributed by atoms with Gasteiger partial charge in [0.2, 0.25) is 5.78 Å². The van der Waals surface area contributed by atoms with Crippen LogP contribution in [0.5, 0.6) is 5.88 Å². The normalized spacial score (nSPS) is 11.0. The number of benzene rings is 2. The molecule has 0 unspecified atom stereocenters. The molecule has 0 amide bonds. The number of nitrogens with zero attached hydrogens (tertiary/aromatic N) is 4. The summed E-state index contributed by atoms with van der Waals surface area (Å²) in [7, 11) is 0. The van der Waals surface area contributed by atoms with Crippen molar-refractivity contribution in [3.05, 3.63) is 75.6 Å². The zero-order chi connectivity index (χ0) is 21.7. The number of ether oxygens (including phenoxy) is 1. The van der Waals surface area contributed by atoms with E-state index in [2.05, 4.69) is 26.2 Å². The summed E-state index contributed by atoms with van der Waals surface area (Å²) < 4.78 is 20.0. The van der Waals surface area contributed by atoms with Crippen LogP contribution in [0, 0.1) is 5.82 Å². The van der Waals surface area contributed by atoms with Crippen molar-refractivity contribution in [2.24, 2.45) is 5.10 Å². The van der Waals surface area contributed by atoms with E-state index in [4.69, 9.17) is 4.74 Å². The second-order valence-electron chi connectivity index (χ2n) is 6.04. The predicted octanol–water partition coefficient (Wildman–Crippen LogP) is 2.09. The molecule has 0 aliphatic heterocycles. The molecule has 0 spiro atoms. The lowest BCUT2D eigenvalue weighted by atomic mass is 10.1. The molecular weight excluding hydrogens is 459 g/mol. The van der Waals surface area contributed by atoms with Gasteiger partial charge in [0.1, 0.15) is 11.0 Å². The lowest BCUT2D eigenvalue weighted by Gasteiger charge is -2.03. The second-order valence-corrected chi connectivity index (χ2v) is 6.96. The first kappa shape index (κ1) is 21.3. The quantitative estimate of drug-likeness (QED) is 0.226. The van der Waals surface area contributed by atoms with Crippen LogP contribution < -0.4 is 9.79 Å². The summed E-state index contributed by atoms with van der Waals surface area (Å²) in [4.78, 5) is 25.5. The number of halogens is 2. The fourth-order valence-electron chi connectivity index (χ4n) is 2.54. The van der Waals surface area contributed by atoms with Crippen molar-refractivity contribution in [1.29, 1.82) is 0 Å². The standard InChI is InChI=1S/C20H16BrFN4O4/c1-2-30-20(29)18-19(28)26(23-11-13-4-3-5-16(22)10-13)24-25(18)12-17(27)14-6-8-15(21)9-7-14/h3-11H,2,12H2,1H3/b23-11+. The van der Waals surface area contributed by atoms with Gasteiger partial charge in [-0.2, -0.15) is 0 Å². The third kappa shape index (κ3) is 4.95. The van der Waals surface area contributed by atoms with Gasteiger partial charge in [-0.25, -0.2) is 9.18 Å². The van der Waals surface area contributed by atoms with Crippen molar-refractivity contribution in [1.82, 2.24) is 10.0 Å². The smallest absolute Gasteiger partial charge is 0.383 e. The van der Waals surface area contributed by atoms with Crippen LogP contribution in [0.15, 0.2) is 58.1 Å². The Kier molecular flexibility index (Phi) is 6.68. The number of hydrogen-bond acceptors (Lipinski definition) is 6. The molecule has 0 fully saturated rings. The summed E-state index contributed by atoms with van der Waals surface area (Å²) in [5, 5.41) is 20.5. The second kappa shape index (κ2) is 9.40. The minimum Gasteiger partial charge on any atom is -0.836 e. The van der Waals surface area contributed by atoms with Crippen LogP contribution in [0.2, 0.25) is 0 Å². The van der Waals surface area contributed by atoms with E-state index in [1.54, 1.807) is 37.3 Å². The van der Waals surface area contributed by atoms with Gasteiger partial charge >= 0.3 is 5.97 Å². The van der Waals surface area contributed by atoms with E-state index in [1.165, 1.54) is 24.4 Å². The molecular formula is C20H16BrFN4O4. The van der Waals surface area contributed by atoms with Crippen LogP contribution in [0.4, 0.5) is 4.39 Å². The Labute approximate surface area is 179 Å². The molecule has 154 valence electrons. The summed E-state index contributed by atoms with van der Waals surface area (Å²) in [5.41, 5.74) is 0.338. The number of Topliss-reactive ketones (excluding diaryl/α,β-unsaturated/α-hetero) is 1. The van der Waals surface area contributed by atoms with E-state index in [0.717, 1.165) is 9.15 Å². The van der Waals surface area contributed by atoms with Crippen molar-refractivity contribution in [3.63, 3.8) is 0 Å². The molecule has 0 radical (unpaired) electrons. The van der Waals surface area contributed by atoms with E-state index in [1.807, 2.05) is 0 Å². The maximum absolute atomic E-state index is 13.3. The molecule has 8 nitrogen and oxygen atoms in total. The molecule has 3 aromatic rings. The number of carbonyl (C=O) groups is 2. The summed E-state index contributed by atoms with van der Waals surface area (Å²) in [5.74, 6) is -2.61. The number of hydrogen-bond donors (Lipinski definition) is 0. The summed E-state index contributed by atoms with van der Waals surface area (Å²) in [6.07, 6.45) is 1.22. The summed E-state index contributed by atoms with van der Waals surface area (Å²) in [6.45, 7) is 1.26. The maximum Gasteiger partial charge on any atom is 0.383 e. The van der Waals surface area contributed by atoms with Gasteiger partial charge in [-0.3, -0.25) is 4.79 Å². The molecule has 0 aliphatic rings. The van der Waals surface area contributed by atoms with E-state index in [0.29, 0.717) is 15.9 Å². The van der Waals surface area contributed by atoms with Crippen molar-refractivity contribution >= 4 is 33.9 Å². The fourth-order valence-corrected chi connectivity index (χ4v) is 2.81. The summed E-state index contributed by atoms with van der Waals surface area (Å²) in [6, 6.07) is 12.2. The Morgan fingerprint density at radius 2 is 2.03 bits per heavy atom. The first-order chi connectivity index (χ1) is 14.4. The summed E-state index contributed by atoms with van der Waals surface area (Å²) >= 11 is 3.29. The lowest BCUT2D eigenvalue weighted by Crippen LogP contribution is -2.45. The molecule has 1 heterocycles. The highest BCUT2D eigenvalue weighted by Crippen LogP contribution is 2.13. The monoisotopic (exact) mass is 474 g/mol. The average molecular weight is 475 g/mol. The SMILES string of the molecule is CCOC(=O)c1c([O-])n(/N=C/c2cccc(F)c2)n[n+]1CC(=O)c1ccc(Br)cc1. The van der Waals surface area contributed by atoms with Crippen LogP contribution in [-0.2, 0) is 11.3 Å². The molecule has 0 bridgehead atoms. The molecule has 1 aromatic heterocycles. The van der Waals surface area contributed by atoms with Crippen molar-refractivity contribution in [3.8, 4) is 5.88 Å². The lowest BCUT2D eigenvalue weighted by molar-refractivity contribution is -0.745. The van der Waals surface area contributed by atoms with Gasteiger partial charge in [0, 0.05) is 10.0 Å². The Hall–Kier alpha value is -3.40. The van der Waals surface area contributed by atoms with Crippen LogP contribution in [-0.4, -0.2) is 34.6 Å². The maximum atomic E-state index is 13.3. The van der Waals surface area contributed by atoms with Crippen LogP contribution in [0.1, 0.15) is 33.3 Å².